The van der Waals surface area contributed by atoms with Gasteiger partial charge in [0.1, 0.15) is 0 Å². The summed E-state index contributed by atoms with van der Waals surface area (Å²) in [6, 6.07) is 1.39. The first kappa shape index (κ1) is 12.0. The van der Waals surface area contributed by atoms with Crippen molar-refractivity contribution in [3.05, 3.63) is 0 Å². The molecule has 2 atom stereocenters. The van der Waals surface area contributed by atoms with Gasteiger partial charge in [0.15, 0.2) is 0 Å². The fourth-order valence-corrected chi connectivity index (χ4v) is 2.09. The summed E-state index contributed by atoms with van der Waals surface area (Å²) in [4.78, 5) is 2.40. The molecule has 1 saturated heterocycles. The summed E-state index contributed by atoms with van der Waals surface area (Å²) in [6.45, 7) is 11.1. The van der Waals surface area contributed by atoms with Crippen LogP contribution in [0.2, 0.25) is 0 Å². The minimum atomic E-state index is 0.260. The summed E-state index contributed by atoms with van der Waals surface area (Å²) >= 11 is 0. The summed E-state index contributed by atoms with van der Waals surface area (Å²) in [7, 11) is 0. The first-order valence-corrected chi connectivity index (χ1v) is 5.66. The van der Waals surface area contributed by atoms with Gasteiger partial charge in [0, 0.05) is 31.2 Å². The molecule has 84 valence electrons. The van der Waals surface area contributed by atoms with Gasteiger partial charge < -0.3 is 10.4 Å². The topological polar surface area (TPSA) is 35.5 Å². The molecule has 3 heteroatoms. The third-order valence-electron chi connectivity index (χ3n) is 3.17. The number of nitrogens with one attached hydrogen (secondary N) is 1. The third-order valence-corrected chi connectivity index (χ3v) is 3.17. The lowest BCUT2D eigenvalue weighted by Crippen LogP contribution is -2.60. The SMILES string of the molecule is CC(C)C1CN(C(C)C)C(CO)CN1. The van der Waals surface area contributed by atoms with Crippen LogP contribution in [-0.4, -0.2) is 47.8 Å². The highest BCUT2D eigenvalue weighted by atomic mass is 16.3. The molecular weight excluding hydrogens is 176 g/mol. The first-order valence-electron chi connectivity index (χ1n) is 5.66. The Morgan fingerprint density at radius 3 is 2.43 bits per heavy atom. The molecule has 2 N–H and O–H groups in total. The molecule has 0 bridgehead atoms. The second-order valence-corrected chi connectivity index (χ2v) is 4.89. The van der Waals surface area contributed by atoms with E-state index in [2.05, 4.69) is 37.9 Å². The van der Waals surface area contributed by atoms with Crippen LogP contribution in [0.25, 0.3) is 0 Å². The smallest absolute Gasteiger partial charge is 0.0599 e. The highest BCUT2D eigenvalue weighted by Gasteiger charge is 2.30. The lowest BCUT2D eigenvalue weighted by Gasteiger charge is -2.43. The zero-order chi connectivity index (χ0) is 10.7. The van der Waals surface area contributed by atoms with E-state index in [9.17, 15) is 5.11 Å². The van der Waals surface area contributed by atoms with E-state index in [0.717, 1.165) is 13.1 Å². The Morgan fingerprint density at radius 1 is 1.36 bits per heavy atom. The van der Waals surface area contributed by atoms with Gasteiger partial charge in [0.05, 0.1) is 6.61 Å². The van der Waals surface area contributed by atoms with Crippen molar-refractivity contribution in [1.29, 1.82) is 0 Å². The molecule has 0 aromatic heterocycles. The van der Waals surface area contributed by atoms with Crippen molar-refractivity contribution < 1.29 is 5.11 Å². The van der Waals surface area contributed by atoms with Gasteiger partial charge in [-0.1, -0.05) is 13.8 Å². The number of nitrogens with zero attached hydrogens (tertiary/aromatic N) is 1. The van der Waals surface area contributed by atoms with Crippen LogP contribution in [0.3, 0.4) is 0 Å². The van der Waals surface area contributed by atoms with Crippen LogP contribution in [0.5, 0.6) is 0 Å². The molecule has 1 aliphatic heterocycles. The fourth-order valence-electron chi connectivity index (χ4n) is 2.09. The molecule has 0 radical (unpaired) electrons. The van der Waals surface area contributed by atoms with E-state index < -0.39 is 0 Å². The second kappa shape index (κ2) is 5.10. The largest absolute Gasteiger partial charge is 0.395 e. The molecule has 0 spiro atoms. The highest BCUT2D eigenvalue weighted by molar-refractivity contribution is 4.88. The molecule has 2 unspecified atom stereocenters. The number of hydrogen-bond acceptors (Lipinski definition) is 3. The van der Waals surface area contributed by atoms with E-state index in [4.69, 9.17) is 0 Å². The van der Waals surface area contributed by atoms with Gasteiger partial charge in [0.2, 0.25) is 0 Å². The standard InChI is InChI=1S/C11H24N2O/c1-8(2)11-6-13(9(3)4)10(7-14)5-12-11/h8-12,14H,5-7H2,1-4H3. The van der Waals surface area contributed by atoms with Crippen LogP contribution < -0.4 is 5.32 Å². The van der Waals surface area contributed by atoms with E-state index in [0.29, 0.717) is 24.0 Å². The molecule has 0 aliphatic carbocycles. The average molecular weight is 200 g/mol. The van der Waals surface area contributed by atoms with Crippen LogP contribution in [0, 0.1) is 5.92 Å². The maximum Gasteiger partial charge on any atom is 0.0599 e. The molecule has 14 heavy (non-hydrogen) atoms. The van der Waals surface area contributed by atoms with Crippen molar-refractivity contribution in [2.75, 3.05) is 19.7 Å². The van der Waals surface area contributed by atoms with Crippen molar-refractivity contribution >= 4 is 0 Å². The van der Waals surface area contributed by atoms with Crippen LogP contribution in [0.15, 0.2) is 0 Å². The van der Waals surface area contributed by atoms with Gasteiger partial charge in [-0.05, 0) is 19.8 Å². The summed E-state index contributed by atoms with van der Waals surface area (Å²) < 4.78 is 0. The van der Waals surface area contributed by atoms with Crippen molar-refractivity contribution in [3.8, 4) is 0 Å². The fraction of sp³-hybridized carbons (Fsp3) is 1.00. The van der Waals surface area contributed by atoms with Crippen LogP contribution in [0.1, 0.15) is 27.7 Å². The van der Waals surface area contributed by atoms with E-state index in [-0.39, 0.29) is 6.61 Å². The molecule has 1 aliphatic rings. The van der Waals surface area contributed by atoms with Crippen LogP contribution >= 0.6 is 0 Å². The average Bonchev–Trinajstić information content (AvgIpc) is 2.16. The maximum atomic E-state index is 9.25. The Labute approximate surface area is 87.5 Å². The summed E-state index contributed by atoms with van der Waals surface area (Å²) in [5.41, 5.74) is 0. The van der Waals surface area contributed by atoms with Crippen LogP contribution in [-0.2, 0) is 0 Å². The number of aliphatic hydroxyl groups excluding tert-OH is 1. The Morgan fingerprint density at radius 2 is 2.00 bits per heavy atom. The second-order valence-electron chi connectivity index (χ2n) is 4.89. The number of hydrogen-bond donors (Lipinski definition) is 2. The molecule has 1 fully saturated rings. The third kappa shape index (κ3) is 2.69. The number of piperazine rings is 1. The van der Waals surface area contributed by atoms with Gasteiger partial charge in [-0.15, -0.1) is 0 Å². The summed E-state index contributed by atoms with van der Waals surface area (Å²) in [5, 5.41) is 12.8. The molecule has 3 nitrogen and oxygen atoms in total. The first-order chi connectivity index (χ1) is 6.56. The van der Waals surface area contributed by atoms with Crippen molar-refractivity contribution in [2.45, 2.75) is 45.8 Å². The molecule has 0 amide bonds. The quantitative estimate of drug-likeness (QED) is 0.703. The number of rotatable bonds is 3. The molecule has 0 saturated carbocycles. The molecular formula is C11H24N2O. The Bertz CT molecular complexity index is 171. The predicted molar refractivity (Wildman–Crippen MR) is 59.3 cm³/mol. The Balaban J connectivity index is 2.57. The molecule has 0 aromatic carbocycles. The van der Waals surface area contributed by atoms with Crippen molar-refractivity contribution in [3.63, 3.8) is 0 Å². The van der Waals surface area contributed by atoms with Crippen molar-refractivity contribution in [2.24, 2.45) is 5.92 Å². The maximum absolute atomic E-state index is 9.25. The van der Waals surface area contributed by atoms with Gasteiger partial charge in [-0.3, -0.25) is 4.90 Å². The normalized spacial score (nSPS) is 30.2. The summed E-state index contributed by atoms with van der Waals surface area (Å²) in [5.74, 6) is 0.663. The van der Waals surface area contributed by atoms with Gasteiger partial charge in [-0.25, -0.2) is 0 Å². The predicted octanol–water partition coefficient (Wildman–Crippen LogP) is 0.685. The van der Waals surface area contributed by atoms with Gasteiger partial charge in [-0.2, -0.15) is 0 Å². The van der Waals surface area contributed by atoms with Crippen molar-refractivity contribution in [1.82, 2.24) is 10.2 Å². The minimum Gasteiger partial charge on any atom is -0.395 e. The van der Waals surface area contributed by atoms with E-state index in [1.54, 1.807) is 0 Å². The van der Waals surface area contributed by atoms with E-state index >= 15 is 0 Å². The highest BCUT2D eigenvalue weighted by Crippen LogP contribution is 2.15. The monoisotopic (exact) mass is 200 g/mol. The Kier molecular flexibility index (Phi) is 4.35. The lowest BCUT2D eigenvalue weighted by atomic mass is 9.98. The number of aliphatic hydroxyl groups is 1. The van der Waals surface area contributed by atoms with Gasteiger partial charge >= 0.3 is 0 Å². The molecule has 1 rings (SSSR count). The zero-order valence-electron chi connectivity index (χ0n) is 9.83. The van der Waals surface area contributed by atoms with E-state index in [1.807, 2.05) is 0 Å². The lowest BCUT2D eigenvalue weighted by molar-refractivity contribution is 0.0473. The minimum absolute atomic E-state index is 0.260. The molecule has 0 aromatic rings. The van der Waals surface area contributed by atoms with Gasteiger partial charge in [0.25, 0.3) is 0 Å². The van der Waals surface area contributed by atoms with Crippen LogP contribution in [0.4, 0.5) is 0 Å². The van der Waals surface area contributed by atoms with E-state index in [1.165, 1.54) is 0 Å². The molecule has 1 heterocycles. The zero-order valence-corrected chi connectivity index (χ0v) is 9.83. The summed E-state index contributed by atoms with van der Waals surface area (Å²) in [6.07, 6.45) is 0. The Hall–Kier alpha value is -0.120.